The maximum absolute atomic E-state index is 12.1. The molecule has 1 unspecified atom stereocenters. The summed E-state index contributed by atoms with van der Waals surface area (Å²) in [4.78, 5) is 16.4. The average Bonchev–Trinajstić information content (AvgIpc) is 3.14. The molecule has 2 aromatic carbocycles. The topological polar surface area (TPSA) is 68.0 Å². The van der Waals surface area contributed by atoms with Crippen molar-refractivity contribution in [2.24, 2.45) is 0 Å². The molecule has 3 rings (SSSR count). The van der Waals surface area contributed by atoms with Crippen molar-refractivity contribution < 1.29 is 9.32 Å². The molecule has 0 spiro atoms. The Hall–Kier alpha value is -2.95. The molecule has 0 aliphatic heterocycles. The maximum atomic E-state index is 12.1. The zero-order valence-electron chi connectivity index (χ0n) is 15.1. The average molecular weight is 349 g/mol. The van der Waals surface area contributed by atoms with Crippen molar-refractivity contribution >= 4 is 5.91 Å². The fraction of sp³-hybridized carbons (Fsp3) is 0.286. The Morgan fingerprint density at radius 3 is 2.58 bits per heavy atom. The number of carbonyl (C=O) groups is 1. The predicted octanol–water partition coefficient (Wildman–Crippen LogP) is 3.90. The van der Waals surface area contributed by atoms with E-state index < -0.39 is 0 Å². The number of aromatic nitrogens is 2. The van der Waals surface area contributed by atoms with Gasteiger partial charge in [0.05, 0.1) is 0 Å². The Morgan fingerprint density at radius 1 is 1.12 bits per heavy atom. The second-order valence-electron chi connectivity index (χ2n) is 6.49. The molecule has 5 nitrogen and oxygen atoms in total. The van der Waals surface area contributed by atoms with Crippen molar-refractivity contribution in [2.45, 2.75) is 32.6 Å². The smallest absolute Gasteiger partial charge is 0.227 e. The third kappa shape index (κ3) is 4.79. The van der Waals surface area contributed by atoms with E-state index in [0.717, 1.165) is 5.56 Å². The van der Waals surface area contributed by atoms with Gasteiger partial charge in [-0.2, -0.15) is 4.98 Å². The summed E-state index contributed by atoms with van der Waals surface area (Å²) in [6.07, 6.45) is 0.765. The SMILES string of the molecule is Cc1ccc(-c2noc(CCC(=O)NCC(C)c3ccccc3)n2)cc1. The number of amides is 1. The number of aryl methyl sites for hydroxylation is 2. The summed E-state index contributed by atoms with van der Waals surface area (Å²) in [5, 5.41) is 6.96. The van der Waals surface area contributed by atoms with Gasteiger partial charge in [-0.25, -0.2) is 0 Å². The number of nitrogens with one attached hydrogen (secondary N) is 1. The Morgan fingerprint density at radius 2 is 1.85 bits per heavy atom. The molecule has 1 heterocycles. The summed E-state index contributed by atoms with van der Waals surface area (Å²) in [6.45, 7) is 4.74. The van der Waals surface area contributed by atoms with Crippen LogP contribution in [0.3, 0.4) is 0 Å². The first kappa shape index (κ1) is 17.9. The highest BCUT2D eigenvalue weighted by molar-refractivity contribution is 5.76. The van der Waals surface area contributed by atoms with E-state index >= 15 is 0 Å². The molecule has 0 bridgehead atoms. The number of benzene rings is 2. The maximum Gasteiger partial charge on any atom is 0.227 e. The quantitative estimate of drug-likeness (QED) is 0.702. The highest BCUT2D eigenvalue weighted by atomic mass is 16.5. The third-order valence-electron chi connectivity index (χ3n) is 4.32. The van der Waals surface area contributed by atoms with E-state index in [4.69, 9.17) is 4.52 Å². The van der Waals surface area contributed by atoms with Crippen molar-refractivity contribution in [2.75, 3.05) is 6.54 Å². The minimum absolute atomic E-state index is 0.0112. The van der Waals surface area contributed by atoms with Gasteiger partial charge in [0.25, 0.3) is 0 Å². The lowest BCUT2D eigenvalue weighted by atomic mass is 10.0. The van der Waals surface area contributed by atoms with Crippen LogP contribution in [0.25, 0.3) is 11.4 Å². The summed E-state index contributed by atoms with van der Waals surface area (Å²) in [7, 11) is 0. The van der Waals surface area contributed by atoms with Gasteiger partial charge in [-0.05, 0) is 18.4 Å². The molecule has 0 aliphatic rings. The van der Waals surface area contributed by atoms with E-state index in [0.29, 0.717) is 31.1 Å². The summed E-state index contributed by atoms with van der Waals surface area (Å²) >= 11 is 0. The van der Waals surface area contributed by atoms with Crippen molar-refractivity contribution in [3.63, 3.8) is 0 Å². The summed E-state index contributed by atoms with van der Waals surface area (Å²) in [5.41, 5.74) is 3.30. The summed E-state index contributed by atoms with van der Waals surface area (Å²) in [6, 6.07) is 18.1. The van der Waals surface area contributed by atoms with E-state index in [2.05, 4.69) is 34.5 Å². The molecule has 0 saturated carbocycles. The van der Waals surface area contributed by atoms with E-state index in [1.165, 1.54) is 11.1 Å². The minimum atomic E-state index is -0.0112. The fourth-order valence-corrected chi connectivity index (χ4v) is 2.65. The van der Waals surface area contributed by atoms with Gasteiger partial charge < -0.3 is 9.84 Å². The molecule has 1 amide bonds. The molecular weight excluding hydrogens is 326 g/mol. The lowest BCUT2D eigenvalue weighted by Crippen LogP contribution is -2.27. The van der Waals surface area contributed by atoms with Crippen LogP contribution in [0.15, 0.2) is 59.1 Å². The van der Waals surface area contributed by atoms with Gasteiger partial charge in [0.15, 0.2) is 0 Å². The molecule has 26 heavy (non-hydrogen) atoms. The largest absolute Gasteiger partial charge is 0.355 e. The van der Waals surface area contributed by atoms with Crippen molar-refractivity contribution in [3.05, 3.63) is 71.6 Å². The van der Waals surface area contributed by atoms with Crippen LogP contribution in [0.4, 0.5) is 0 Å². The number of carbonyl (C=O) groups excluding carboxylic acids is 1. The molecule has 0 aliphatic carbocycles. The van der Waals surface area contributed by atoms with Crippen LogP contribution >= 0.6 is 0 Å². The first-order valence-electron chi connectivity index (χ1n) is 8.83. The van der Waals surface area contributed by atoms with Gasteiger partial charge in [-0.15, -0.1) is 0 Å². The molecule has 1 atom stereocenters. The molecule has 0 saturated heterocycles. The van der Waals surface area contributed by atoms with Crippen LogP contribution in [0.5, 0.6) is 0 Å². The van der Waals surface area contributed by atoms with Crippen LogP contribution in [-0.4, -0.2) is 22.6 Å². The molecular formula is C21H23N3O2. The Kier molecular flexibility index (Phi) is 5.79. The van der Waals surface area contributed by atoms with E-state index in [1.807, 2.05) is 49.4 Å². The van der Waals surface area contributed by atoms with Gasteiger partial charge in [-0.1, -0.05) is 72.2 Å². The van der Waals surface area contributed by atoms with Gasteiger partial charge in [0.1, 0.15) is 0 Å². The zero-order valence-corrected chi connectivity index (χ0v) is 15.1. The molecule has 134 valence electrons. The van der Waals surface area contributed by atoms with Gasteiger partial charge in [0, 0.05) is 24.9 Å². The molecule has 3 aromatic rings. The number of hydrogen-bond donors (Lipinski definition) is 1. The van der Waals surface area contributed by atoms with E-state index in [-0.39, 0.29) is 11.8 Å². The number of hydrogen-bond acceptors (Lipinski definition) is 4. The second-order valence-corrected chi connectivity index (χ2v) is 6.49. The number of nitrogens with zero attached hydrogens (tertiary/aromatic N) is 2. The summed E-state index contributed by atoms with van der Waals surface area (Å²) < 4.78 is 5.25. The standard InChI is InChI=1S/C21H23N3O2/c1-15-8-10-18(11-9-15)21-23-20(26-24-21)13-12-19(25)22-14-16(2)17-6-4-3-5-7-17/h3-11,16H,12-14H2,1-2H3,(H,22,25). The van der Waals surface area contributed by atoms with Gasteiger partial charge >= 0.3 is 0 Å². The Bertz CT molecular complexity index is 841. The van der Waals surface area contributed by atoms with Crippen LogP contribution in [0, 0.1) is 6.92 Å². The van der Waals surface area contributed by atoms with Crippen molar-refractivity contribution in [1.82, 2.24) is 15.5 Å². The molecule has 0 fully saturated rings. The third-order valence-corrected chi connectivity index (χ3v) is 4.32. The monoisotopic (exact) mass is 349 g/mol. The van der Waals surface area contributed by atoms with Crippen molar-refractivity contribution in [3.8, 4) is 11.4 Å². The lowest BCUT2D eigenvalue weighted by Gasteiger charge is -2.12. The molecule has 5 heteroatoms. The molecule has 1 N–H and O–H groups in total. The highest BCUT2D eigenvalue weighted by Gasteiger charge is 2.12. The first-order valence-corrected chi connectivity index (χ1v) is 8.83. The van der Waals surface area contributed by atoms with Crippen LogP contribution < -0.4 is 5.32 Å². The lowest BCUT2D eigenvalue weighted by molar-refractivity contribution is -0.121. The minimum Gasteiger partial charge on any atom is -0.355 e. The van der Waals surface area contributed by atoms with Crippen molar-refractivity contribution in [1.29, 1.82) is 0 Å². The molecule has 0 radical (unpaired) electrons. The Labute approximate surface area is 153 Å². The first-order chi connectivity index (χ1) is 12.6. The van der Waals surface area contributed by atoms with Crippen LogP contribution in [0.2, 0.25) is 0 Å². The van der Waals surface area contributed by atoms with E-state index in [9.17, 15) is 4.79 Å². The van der Waals surface area contributed by atoms with Gasteiger partial charge in [0.2, 0.25) is 17.6 Å². The van der Waals surface area contributed by atoms with E-state index in [1.54, 1.807) is 0 Å². The highest BCUT2D eigenvalue weighted by Crippen LogP contribution is 2.17. The zero-order chi connectivity index (χ0) is 18.4. The van der Waals surface area contributed by atoms with Crippen LogP contribution in [-0.2, 0) is 11.2 Å². The second kappa shape index (κ2) is 8.43. The Balaban J connectivity index is 1.47. The normalized spacial score (nSPS) is 11.9. The van der Waals surface area contributed by atoms with Crippen LogP contribution in [0.1, 0.15) is 36.3 Å². The number of rotatable bonds is 7. The predicted molar refractivity (Wildman–Crippen MR) is 101 cm³/mol. The summed E-state index contributed by atoms with van der Waals surface area (Å²) in [5.74, 6) is 1.30. The fourth-order valence-electron chi connectivity index (χ4n) is 2.65. The van der Waals surface area contributed by atoms with Gasteiger partial charge in [-0.3, -0.25) is 4.79 Å². The molecule has 1 aromatic heterocycles.